The molecule has 0 aromatic carbocycles. The average molecular weight is 366 g/mol. The SMILES string of the molecule is CN(C)CC(O)CC(=O)NCNC(=O)Cn1cnc2c(=O)[nH]c(N)nc21. The monoisotopic (exact) mass is 366 g/mol. The second-order valence-electron chi connectivity index (χ2n) is 5.99. The number of fused-ring (bicyclic) bond motifs is 1. The van der Waals surface area contributed by atoms with Crippen LogP contribution in [0.5, 0.6) is 0 Å². The summed E-state index contributed by atoms with van der Waals surface area (Å²) in [5.74, 6) is -0.874. The van der Waals surface area contributed by atoms with Gasteiger partial charge in [0.2, 0.25) is 17.8 Å². The molecule has 0 bridgehead atoms. The van der Waals surface area contributed by atoms with Crippen LogP contribution < -0.4 is 21.9 Å². The fourth-order valence-electron chi connectivity index (χ4n) is 2.31. The minimum Gasteiger partial charge on any atom is -0.391 e. The number of imidazole rings is 1. The van der Waals surface area contributed by atoms with Crippen LogP contribution in [-0.2, 0) is 16.1 Å². The van der Waals surface area contributed by atoms with Crippen LogP contribution >= 0.6 is 0 Å². The lowest BCUT2D eigenvalue weighted by atomic mass is 10.2. The average Bonchev–Trinajstić information content (AvgIpc) is 2.89. The summed E-state index contributed by atoms with van der Waals surface area (Å²) in [6.07, 6.45) is 0.460. The van der Waals surface area contributed by atoms with Crippen molar-refractivity contribution < 1.29 is 14.7 Å². The lowest BCUT2D eigenvalue weighted by Crippen LogP contribution is -2.40. The zero-order valence-corrected chi connectivity index (χ0v) is 14.5. The van der Waals surface area contributed by atoms with Crippen LogP contribution in [0.1, 0.15) is 6.42 Å². The lowest BCUT2D eigenvalue weighted by Gasteiger charge is -2.15. The van der Waals surface area contributed by atoms with Gasteiger partial charge >= 0.3 is 0 Å². The molecule has 1 atom stereocenters. The van der Waals surface area contributed by atoms with Crippen molar-refractivity contribution in [1.29, 1.82) is 0 Å². The second kappa shape index (κ2) is 8.40. The molecule has 0 fully saturated rings. The Bertz CT molecular complexity index is 843. The lowest BCUT2D eigenvalue weighted by molar-refractivity contribution is -0.124. The second-order valence-corrected chi connectivity index (χ2v) is 5.99. The summed E-state index contributed by atoms with van der Waals surface area (Å²) in [4.78, 5) is 47.2. The molecule has 0 saturated heterocycles. The molecule has 12 nitrogen and oxygen atoms in total. The molecule has 0 aliphatic carbocycles. The number of amides is 2. The molecule has 0 saturated carbocycles. The first-order valence-electron chi connectivity index (χ1n) is 7.83. The quantitative estimate of drug-likeness (QED) is 0.312. The van der Waals surface area contributed by atoms with Crippen molar-refractivity contribution in [3.05, 3.63) is 16.7 Å². The number of hydrogen-bond donors (Lipinski definition) is 5. The number of hydrogen-bond acceptors (Lipinski definition) is 8. The zero-order chi connectivity index (χ0) is 19.3. The van der Waals surface area contributed by atoms with Gasteiger partial charge in [-0.15, -0.1) is 0 Å². The fourth-order valence-corrected chi connectivity index (χ4v) is 2.31. The molecule has 2 rings (SSSR count). The number of H-pyrrole nitrogens is 1. The minimum atomic E-state index is -0.785. The molecule has 1 unspecified atom stereocenters. The van der Waals surface area contributed by atoms with Crippen molar-refractivity contribution in [2.45, 2.75) is 19.1 Å². The molecule has 142 valence electrons. The summed E-state index contributed by atoms with van der Waals surface area (Å²) < 4.78 is 1.37. The molecular formula is C14H22N8O4. The van der Waals surface area contributed by atoms with Gasteiger partial charge in [-0.3, -0.25) is 19.4 Å². The standard InChI is InChI=1S/C14H22N8O4/c1-21(2)4-8(23)3-9(24)16-6-17-10(25)5-22-7-18-11-12(22)19-14(15)20-13(11)26/h7-8,23H,3-6H2,1-2H3,(H,16,24)(H,17,25)(H3,15,19,20,26). The molecule has 0 aliphatic rings. The molecule has 2 aromatic heterocycles. The Labute approximate surface area is 148 Å². The summed E-state index contributed by atoms with van der Waals surface area (Å²) in [6.45, 7) is 0.128. The molecule has 2 amide bonds. The predicted octanol–water partition coefficient (Wildman–Crippen LogP) is -2.80. The van der Waals surface area contributed by atoms with Crippen LogP contribution in [0.15, 0.2) is 11.1 Å². The Kier molecular flexibility index (Phi) is 6.25. The van der Waals surface area contributed by atoms with Crippen molar-refractivity contribution in [3.63, 3.8) is 0 Å². The third-order valence-corrected chi connectivity index (χ3v) is 3.38. The summed E-state index contributed by atoms with van der Waals surface area (Å²) in [6, 6.07) is 0. The number of nitrogens with zero attached hydrogens (tertiary/aromatic N) is 4. The van der Waals surface area contributed by atoms with Gasteiger partial charge in [-0.05, 0) is 14.1 Å². The number of nitrogen functional groups attached to an aromatic ring is 1. The highest BCUT2D eigenvalue weighted by Gasteiger charge is 2.13. The van der Waals surface area contributed by atoms with Gasteiger partial charge < -0.3 is 30.9 Å². The topological polar surface area (TPSA) is 171 Å². The molecule has 6 N–H and O–H groups in total. The van der Waals surface area contributed by atoms with Gasteiger partial charge in [0.25, 0.3) is 5.56 Å². The molecule has 2 aromatic rings. The van der Waals surface area contributed by atoms with E-state index < -0.39 is 17.6 Å². The van der Waals surface area contributed by atoms with E-state index in [9.17, 15) is 19.5 Å². The van der Waals surface area contributed by atoms with Crippen molar-refractivity contribution in [1.82, 2.24) is 35.1 Å². The summed E-state index contributed by atoms with van der Waals surface area (Å²) >= 11 is 0. The van der Waals surface area contributed by atoms with Crippen molar-refractivity contribution in [2.24, 2.45) is 0 Å². The van der Waals surface area contributed by atoms with E-state index in [2.05, 4.69) is 25.6 Å². The third kappa shape index (κ3) is 5.26. The number of carbonyl (C=O) groups is 2. The molecule has 0 radical (unpaired) electrons. The number of aromatic nitrogens is 4. The number of nitrogens with two attached hydrogens (primary N) is 1. The molecule has 2 heterocycles. The normalized spacial score (nSPS) is 12.3. The van der Waals surface area contributed by atoms with Crippen LogP contribution in [0.3, 0.4) is 0 Å². The third-order valence-electron chi connectivity index (χ3n) is 3.38. The van der Waals surface area contributed by atoms with E-state index in [1.54, 1.807) is 19.0 Å². The Morgan fingerprint density at radius 2 is 2.08 bits per heavy atom. The van der Waals surface area contributed by atoms with Gasteiger partial charge in [-0.25, -0.2) is 4.98 Å². The predicted molar refractivity (Wildman–Crippen MR) is 92.9 cm³/mol. The maximum atomic E-state index is 12.0. The Morgan fingerprint density at radius 1 is 1.38 bits per heavy atom. The summed E-state index contributed by atoms with van der Waals surface area (Å²) in [5.41, 5.74) is 5.27. The summed E-state index contributed by atoms with van der Waals surface area (Å²) in [5, 5.41) is 14.7. The maximum Gasteiger partial charge on any atom is 0.280 e. The number of aliphatic hydroxyl groups is 1. The number of aromatic amines is 1. The first-order chi connectivity index (χ1) is 12.3. The first kappa shape index (κ1) is 19.3. The van der Waals surface area contributed by atoms with Gasteiger partial charge in [0.05, 0.1) is 25.5 Å². The van der Waals surface area contributed by atoms with E-state index in [1.807, 2.05) is 0 Å². The first-order valence-corrected chi connectivity index (χ1v) is 7.83. The highest BCUT2D eigenvalue weighted by Crippen LogP contribution is 2.05. The van der Waals surface area contributed by atoms with Crippen molar-refractivity contribution >= 4 is 28.9 Å². The van der Waals surface area contributed by atoms with Gasteiger partial charge in [0, 0.05) is 6.54 Å². The largest absolute Gasteiger partial charge is 0.391 e. The maximum absolute atomic E-state index is 12.0. The fraction of sp³-hybridized carbons (Fsp3) is 0.500. The Balaban J connectivity index is 1.83. The molecule has 26 heavy (non-hydrogen) atoms. The zero-order valence-electron chi connectivity index (χ0n) is 14.5. The Morgan fingerprint density at radius 3 is 2.77 bits per heavy atom. The number of carbonyl (C=O) groups excluding carboxylic acids is 2. The number of anilines is 1. The van der Waals surface area contributed by atoms with Crippen LogP contribution in [0.25, 0.3) is 11.2 Å². The van der Waals surface area contributed by atoms with Crippen LogP contribution in [-0.4, -0.2) is 74.8 Å². The van der Waals surface area contributed by atoms with E-state index in [0.717, 1.165) is 0 Å². The van der Waals surface area contributed by atoms with Crippen molar-refractivity contribution in [2.75, 3.05) is 33.0 Å². The van der Waals surface area contributed by atoms with Gasteiger partial charge in [-0.1, -0.05) is 0 Å². The van der Waals surface area contributed by atoms with Crippen molar-refractivity contribution in [3.8, 4) is 0 Å². The van der Waals surface area contributed by atoms with Crippen LogP contribution in [0, 0.1) is 0 Å². The molecular weight excluding hydrogens is 344 g/mol. The highest BCUT2D eigenvalue weighted by molar-refractivity contribution is 5.80. The van der Waals surface area contributed by atoms with Crippen LogP contribution in [0.4, 0.5) is 5.95 Å². The van der Waals surface area contributed by atoms with Crippen LogP contribution in [0.2, 0.25) is 0 Å². The molecule has 12 heteroatoms. The summed E-state index contributed by atoms with van der Waals surface area (Å²) in [7, 11) is 3.58. The van der Waals surface area contributed by atoms with Gasteiger partial charge in [-0.2, -0.15) is 4.98 Å². The van der Waals surface area contributed by atoms with Gasteiger partial charge in [0.15, 0.2) is 11.2 Å². The van der Waals surface area contributed by atoms with E-state index in [-0.39, 0.29) is 42.7 Å². The van der Waals surface area contributed by atoms with E-state index >= 15 is 0 Å². The van der Waals surface area contributed by atoms with E-state index in [0.29, 0.717) is 6.54 Å². The van der Waals surface area contributed by atoms with E-state index in [4.69, 9.17) is 5.73 Å². The molecule has 0 spiro atoms. The van der Waals surface area contributed by atoms with E-state index in [1.165, 1.54) is 10.9 Å². The Hall–Kier alpha value is -2.99. The smallest absolute Gasteiger partial charge is 0.280 e. The number of likely N-dealkylation sites (N-methyl/N-ethyl adjacent to an activating group) is 1. The number of nitrogens with one attached hydrogen (secondary N) is 3. The minimum absolute atomic E-state index is 0.0633. The highest BCUT2D eigenvalue weighted by atomic mass is 16.3. The number of rotatable bonds is 8. The molecule has 0 aliphatic heterocycles. The van der Waals surface area contributed by atoms with Gasteiger partial charge in [0.1, 0.15) is 6.54 Å². The number of aliphatic hydroxyl groups excluding tert-OH is 1.